The normalized spacial score (nSPS) is 20.6. The lowest BCUT2D eigenvalue weighted by atomic mass is 10.2. The number of rotatable bonds is 6. The van der Waals surface area contributed by atoms with Gasteiger partial charge in [0.25, 0.3) is 0 Å². The van der Waals surface area contributed by atoms with Gasteiger partial charge in [-0.1, -0.05) is 28.9 Å². The zero-order chi connectivity index (χ0) is 19.7. The van der Waals surface area contributed by atoms with E-state index in [0.717, 1.165) is 5.56 Å². The van der Waals surface area contributed by atoms with Crippen LogP contribution in [0.15, 0.2) is 51.2 Å². The number of likely N-dealkylation sites (tertiary alicyclic amines) is 1. The van der Waals surface area contributed by atoms with Crippen LogP contribution >= 0.6 is 11.3 Å². The Morgan fingerprint density at radius 1 is 1.29 bits per heavy atom. The summed E-state index contributed by atoms with van der Waals surface area (Å²) in [6.07, 6.45) is 0.00848. The highest BCUT2D eigenvalue weighted by Gasteiger charge is 2.36. The molecule has 148 valence electrons. The van der Waals surface area contributed by atoms with Gasteiger partial charge in [0.1, 0.15) is 5.75 Å². The number of aromatic nitrogens is 2. The Bertz CT molecular complexity index is 1030. The van der Waals surface area contributed by atoms with Crippen LogP contribution in [0.5, 0.6) is 0 Å². The maximum absolute atomic E-state index is 12.6. The number of sulfone groups is 1. The second-order valence-corrected chi connectivity index (χ2v) is 10.1. The summed E-state index contributed by atoms with van der Waals surface area (Å²) in [6, 6.07) is 10.5. The standard InChI is InChI=1S/C19H21N3O4S2/c1-13-4-6-16(7-5-13)28(24,25)12-18-20-19(26-21-18)17-9-14(23)10-22(17)11-15-3-2-8-27-15/h2-8,14,17,23H,9-12H2,1H3/t14-,17+/m1/s1. The minimum Gasteiger partial charge on any atom is -0.392 e. The van der Waals surface area contributed by atoms with Gasteiger partial charge in [-0.25, -0.2) is 8.42 Å². The molecule has 0 amide bonds. The number of hydrogen-bond acceptors (Lipinski definition) is 8. The number of aliphatic hydroxyl groups excluding tert-OH is 1. The summed E-state index contributed by atoms with van der Waals surface area (Å²) >= 11 is 1.65. The fraction of sp³-hybridized carbons (Fsp3) is 0.368. The van der Waals surface area contributed by atoms with Crippen molar-refractivity contribution in [2.24, 2.45) is 0 Å². The highest BCUT2D eigenvalue weighted by molar-refractivity contribution is 7.90. The predicted octanol–water partition coefficient (Wildman–Crippen LogP) is 2.72. The summed E-state index contributed by atoms with van der Waals surface area (Å²) in [5.74, 6) is 0.162. The highest BCUT2D eigenvalue weighted by Crippen LogP contribution is 2.33. The molecule has 1 aliphatic heterocycles. The summed E-state index contributed by atoms with van der Waals surface area (Å²) < 4.78 is 30.6. The van der Waals surface area contributed by atoms with Gasteiger partial charge in [-0.15, -0.1) is 11.3 Å². The van der Waals surface area contributed by atoms with E-state index in [2.05, 4.69) is 15.0 Å². The van der Waals surface area contributed by atoms with E-state index in [1.807, 2.05) is 24.4 Å². The molecule has 9 heteroatoms. The molecule has 28 heavy (non-hydrogen) atoms. The SMILES string of the molecule is Cc1ccc(S(=O)(=O)Cc2noc([C@@H]3C[C@@H](O)CN3Cc3cccs3)n2)cc1. The van der Waals surface area contributed by atoms with Crippen LogP contribution in [0.4, 0.5) is 0 Å². The van der Waals surface area contributed by atoms with Crippen LogP contribution in [0.25, 0.3) is 0 Å². The van der Waals surface area contributed by atoms with Crippen LogP contribution in [0, 0.1) is 6.92 Å². The fourth-order valence-corrected chi connectivity index (χ4v) is 5.28. The molecule has 2 atom stereocenters. The van der Waals surface area contributed by atoms with E-state index in [-0.39, 0.29) is 22.5 Å². The molecule has 0 aliphatic carbocycles. The Morgan fingerprint density at radius 2 is 2.07 bits per heavy atom. The van der Waals surface area contributed by atoms with Crippen molar-refractivity contribution < 1.29 is 18.0 Å². The van der Waals surface area contributed by atoms with Crippen LogP contribution in [0.3, 0.4) is 0 Å². The number of aryl methyl sites for hydroxylation is 1. The molecule has 3 heterocycles. The first kappa shape index (κ1) is 19.3. The quantitative estimate of drug-likeness (QED) is 0.656. The molecule has 3 aromatic rings. The molecule has 0 saturated carbocycles. The van der Waals surface area contributed by atoms with E-state index in [9.17, 15) is 13.5 Å². The molecule has 0 radical (unpaired) electrons. The van der Waals surface area contributed by atoms with Gasteiger partial charge in [0.05, 0.1) is 17.0 Å². The topological polar surface area (TPSA) is 96.5 Å². The Hall–Kier alpha value is -2.07. The van der Waals surface area contributed by atoms with Crippen LogP contribution in [0.1, 0.15) is 34.6 Å². The average Bonchev–Trinajstić information content (AvgIpc) is 3.37. The molecule has 1 saturated heterocycles. The van der Waals surface area contributed by atoms with Crippen molar-refractivity contribution in [3.63, 3.8) is 0 Å². The third-order valence-electron chi connectivity index (χ3n) is 4.79. The zero-order valence-electron chi connectivity index (χ0n) is 15.4. The van der Waals surface area contributed by atoms with E-state index in [1.54, 1.807) is 35.6 Å². The summed E-state index contributed by atoms with van der Waals surface area (Å²) in [7, 11) is -3.55. The molecule has 7 nitrogen and oxygen atoms in total. The average molecular weight is 420 g/mol. The molecular weight excluding hydrogens is 398 g/mol. The molecule has 1 N–H and O–H groups in total. The second-order valence-electron chi connectivity index (χ2n) is 7.04. The van der Waals surface area contributed by atoms with Crippen molar-refractivity contribution in [3.05, 3.63) is 63.9 Å². The number of benzene rings is 1. The van der Waals surface area contributed by atoms with E-state index in [0.29, 0.717) is 25.4 Å². The van der Waals surface area contributed by atoms with Gasteiger partial charge in [-0.05, 0) is 36.9 Å². The third-order valence-corrected chi connectivity index (χ3v) is 7.28. The van der Waals surface area contributed by atoms with Gasteiger partial charge in [0.2, 0.25) is 5.89 Å². The van der Waals surface area contributed by atoms with Gasteiger partial charge in [-0.3, -0.25) is 4.90 Å². The van der Waals surface area contributed by atoms with Crippen molar-refractivity contribution >= 4 is 21.2 Å². The number of aliphatic hydroxyl groups is 1. The second kappa shape index (κ2) is 7.75. The van der Waals surface area contributed by atoms with Gasteiger partial charge in [0, 0.05) is 18.0 Å². The smallest absolute Gasteiger partial charge is 0.244 e. The first-order valence-corrected chi connectivity index (χ1v) is 11.5. The van der Waals surface area contributed by atoms with Crippen LogP contribution in [-0.4, -0.2) is 41.2 Å². The maximum atomic E-state index is 12.6. The Balaban J connectivity index is 1.51. The van der Waals surface area contributed by atoms with Gasteiger partial charge < -0.3 is 9.63 Å². The first-order chi connectivity index (χ1) is 13.4. The maximum Gasteiger partial charge on any atom is 0.244 e. The van der Waals surface area contributed by atoms with Gasteiger partial charge >= 0.3 is 0 Å². The van der Waals surface area contributed by atoms with Crippen LogP contribution in [-0.2, 0) is 22.1 Å². The first-order valence-electron chi connectivity index (χ1n) is 8.97. The van der Waals surface area contributed by atoms with Crippen LogP contribution < -0.4 is 0 Å². The monoisotopic (exact) mass is 419 g/mol. The van der Waals surface area contributed by atoms with Crippen molar-refractivity contribution in [1.29, 1.82) is 0 Å². The largest absolute Gasteiger partial charge is 0.392 e. The molecule has 4 rings (SSSR count). The summed E-state index contributed by atoms with van der Waals surface area (Å²) in [4.78, 5) is 7.83. The molecule has 0 bridgehead atoms. The number of hydrogen-bond donors (Lipinski definition) is 1. The van der Waals surface area contributed by atoms with E-state index >= 15 is 0 Å². The Morgan fingerprint density at radius 3 is 2.79 bits per heavy atom. The fourth-order valence-electron chi connectivity index (χ4n) is 3.37. The molecule has 0 unspecified atom stereocenters. The van der Waals surface area contributed by atoms with Crippen molar-refractivity contribution in [2.45, 2.75) is 42.7 Å². The number of nitrogens with zero attached hydrogens (tertiary/aromatic N) is 3. The minimum atomic E-state index is -3.55. The lowest BCUT2D eigenvalue weighted by Crippen LogP contribution is -2.24. The molecule has 1 aliphatic rings. The summed E-state index contributed by atoms with van der Waals surface area (Å²) in [5, 5.41) is 16.0. The number of thiophene rings is 1. The molecule has 1 fully saturated rings. The minimum absolute atomic E-state index is 0.132. The van der Waals surface area contributed by atoms with Crippen LogP contribution in [0.2, 0.25) is 0 Å². The zero-order valence-corrected chi connectivity index (χ0v) is 17.0. The predicted molar refractivity (Wildman–Crippen MR) is 104 cm³/mol. The Kier molecular flexibility index (Phi) is 5.33. The lowest BCUT2D eigenvalue weighted by molar-refractivity contribution is 0.170. The van der Waals surface area contributed by atoms with E-state index in [4.69, 9.17) is 4.52 Å². The summed E-state index contributed by atoms with van der Waals surface area (Å²) in [5.41, 5.74) is 0.992. The van der Waals surface area contributed by atoms with E-state index in [1.165, 1.54) is 4.88 Å². The van der Waals surface area contributed by atoms with Crippen molar-refractivity contribution in [2.75, 3.05) is 6.54 Å². The lowest BCUT2D eigenvalue weighted by Gasteiger charge is -2.20. The van der Waals surface area contributed by atoms with Crippen molar-refractivity contribution in [1.82, 2.24) is 15.0 Å². The molecule has 0 spiro atoms. The number of β-amino-alcohol motifs (C(OH)–C–C–N with tert-alkyl or cyclic N) is 1. The van der Waals surface area contributed by atoms with Gasteiger partial charge in [0.15, 0.2) is 15.7 Å². The molecule has 1 aromatic carbocycles. The van der Waals surface area contributed by atoms with E-state index < -0.39 is 15.9 Å². The van der Waals surface area contributed by atoms with Gasteiger partial charge in [-0.2, -0.15) is 4.98 Å². The molecular formula is C19H21N3O4S2. The van der Waals surface area contributed by atoms with Crippen molar-refractivity contribution in [3.8, 4) is 0 Å². The summed E-state index contributed by atoms with van der Waals surface area (Å²) in [6.45, 7) is 3.10. The Labute approximate surface area is 167 Å². The highest BCUT2D eigenvalue weighted by atomic mass is 32.2. The third kappa shape index (κ3) is 4.17. The molecule has 2 aromatic heterocycles.